The Morgan fingerprint density at radius 1 is 0.857 bits per heavy atom. The number of ether oxygens (including phenoxy) is 1. The molecule has 0 aliphatic heterocycles. The fourth-order valence-electron chi connectivity index (χ4n) is 3.98. The predicted octanol–water partition coefficient (Wildman–Crippen LogP) is 6.41. The van der Waals surface area contributed by atoms with Crippen LogP contribution in [0.2, 0.25) is 0 Å². The van der Waals surface area contributed by atoms with E-state index < -0.39 is 11.7 Å². The first-order chi connectivity index (χ1) is 16.8. The van der Waals surface area contributed by atoms with Crippen LogP contribution in [-0.2, 0) is 25.8 Å². The minimum atomic E-state index is -4.40. The molecule has 0 unspecified atom stereocenters. The van der Waals surface area contributed by atoms with Crippen LogP contribution in [0, 0.1) is 0 Å². The van der Waals surface area contributed by atoms with E-state index in [4.69, 9.17) is 4.74 Å². The van der Waals surface area contributed by atoms with Crippen LogP contribution >= 0.6 is 0 Å². The van der Waals surface area contributed by atoms with Crippen molar-refractivity contribution < 1.29 is 22.7 Å². The molecule has 0 N–H and O–H groups in total. The first-order valence-electron chi connectivity index (χ1n) is 11.1. The van der Waals surface area contributed by atoms with Gasteiger partial charge < -0.3 is 14.2 Å². The second kappa shape index (κ2) is 10.5. The standard InChI is InChI=1S/C28H25F3N2O2/c1-35-26-15-6-5-14-25(26)27(34)33(18-21-9-3-2-4-10-21)20-24-13-8-16-32(24)19-22-11-7-12-23(17-22)28(29,30)31/h2-17H,18-20H2,1H3. The number of para-hydroxylation sites is 1. The van der Waals surface area contributed by atoms with Gasteiger partial charge in [0.25, 0.3) is 5.91 Å². The molecule has 0 radical (unpaired) electrons. The Labute approximate surface area is 202 Å². The highest BCUT2D eigenvalue weighted by molar-refractivity contribution is 5.96. The first kappa shape index (κ1) is 24.1. The minimum Gasteiger partial charge on any atom is -0.496 e. The molecule has 35 heavy (non-hydrogen) atoms. The van der Waals surface area contributed by atoms with E-state index in [1.54, 1.807) is 35.2 Å². The van der Waals surface area contributed by atoms with Crippen molar-refractivity contribution in [2.75, 3.05) is 7.11 Å². The maximum Gasteiger partial charge on any atom is 0.416 e. The molecule has 3 aromatic carbocycles. The van der Waals surface area contributed by atoms with Crippen molar-refractivity contribution in [3.05, 3.63) is 125 Å². The number of methoxy groups -OCH3 is 1. The number of alkyl halides is 3. The summed E-state index contributed by atoms with van der Waals surface area (Å²) < 4.78 is 46.7. The molecule has 1 heterocycles. The van der Waals surface area contributed by atoms with E-state index in [0.717, 1.165) is 23.4 Å². The van der Waals surface area contributed by atoms with Gasteiger partial charge >= 0.3 is 6.18 Å². The third-order valence-corrected chi connectivity index (χ3v) is 5.72. The van der Waals surface area contributed by atoms with Crippen molar-refractivity contribution in [3.63, 3.8) is 0 Å². The molecule has 0 fully saturated rings. The van der Waals surface area contributed by atoms with Crippen molar-refractivity contribution >= 4 is 5.91 Å². The summed E-state index contributed by atoms with van der Waals surface area (Å²) in [6.45, 7) is 0.901. The molecule has 0 aliphatic rings. The van der Waals surface area contributed by atoms with Crippen molar-refractivity contribution in [3.8, 4) is 5.75 Å². The quantitative estimate of drug-likeness (QED) is 0.293. The average Bonchev–Trinajstić information content (AvgIpc) is 3.29. The van der Waals surface area contributed by atoms with E-state index in [1.807, 2.05) is 53.2 Å². The van der Waals surface area contributed by atoms with Crippen molar-refractivity contribution in [1.82, 2.24) is 9.47 Å². The molecule has 0 atom stereocenters. The average molecular weight is 479 g/mol. The monoisotopic (exact) mass is 478 g/mol. The lowest BCUT2D eigenvalue weighted by atomic mass is 10.1. The minimum absolute atomic E-state index is 0.196. The third-order valence-electron chi connectivity index (χ3n) is 5.72. The number of rotatable bonds is 8. The lowest BCUT2D eigenvalue weighted by Gasteiger charge is -2.25. The van der Waals surface area contributed by atoms with Crippen molar-refractivity contribution in [1.29, 1.82) is 0 Å². The SMILES string of the molecule is COc1ccccc1C(=O)N(Cc1ccccc1)Cc1cccn1Cc1cccc(C(F)(F)F)c1. The highest BCUT2D eigenvalue weighted by atomic mass is 19.4. The maximum atomic E-state index is 13.6. The number of carbonyl (C=O) groups is 1. The van der Waals surface area contributed by atoms with Gasteiger partial charge in [-0.15, -0.1) is 0 Å². The lowest BCUT2D eigenvalue weighted by molar-refractivity contribution is -0.137. The molecule has 1 aromatic heterocycles. The summed E-state index contributed by atoms with van der Waals surface area (Å²) in [5.74, 6) is 0.285. The van der Waals surface area contributed by atoms with E-state index >= 15 is 0 Å². The van der Waals surface area contributed by atoms with Gasteiger partial charge in [-0.05, 0) is 47.5 Å². The van der Waals surface area contributed by atoms with Gasteiger partial charge in [-0.25, -0.2) is 0 Å². The van der Waals surface area contributed by atoms with E-state index in [0.29, 0.717) is 23.4 Å². The molecule has 4 aromatic rings. The smallest absolute Gasteiger partial charge is 0.416 e. The molecular weight excluding hydrogens is 453 g/mol. The summed E-state index contributed by atoms with van der Waals surface area (Å²) in [6.07, 6.45) is -2.59. The molecule has 4 rings (SSSR count). The predicted molar refractivity (Wildman–Crippen MR) is 128 cm³/mol. The van der Waals surface area contributed by atoms with E-state index in [2.05, 4.69) is 0 Å². The highest BCUT2D eigenvalue weighted by Crippen LogP contribution is 2.30. The zero-order valence-corrected chi connectivity index (χ0v) is 19.2. The Hall–Kier alpha value is -4.00. The number of hydrogen-bond acceptors (Lipinski definition) is 2. The summed E-state index contributed by atoms with van der Waals surface area (Å²) in [7, 11) is 1.52. The molecule has 0 saturated heterocycles. The van der Waals surface area contributed by atoms with Crippen molar-refractivity contribution in [2.24, 2.45) is 0 Å². The Bertz CT molecular complexity index is 1280. The van der Waals surface area contributed by atoms with Gasteiger partial charge in [-0.1, -0.05) is 54.6 Å². The lowest BCUT2D eigenvalue weighted by Crippen LogP contribution is -2.31. The van der Waals surface area contributed by atoms with Crippen molar-refractivity contribution in [2.45, 2.75) is 25.8 Å². The number of hydrogen-bond donors (Lipinski definition) is 0. The molecule has 7 heteroatoms. The van der Waals surface area contributed by atoms with Crippen LogP contribution in [0.15, 0.2) is 97.2 Å². The number of benzene rings is 3. The van der Waals surface area contributed by atoms with E-state index in [1.165, 1.54) is 13.2 Å². The number of aromatic nitrogens is 1. The van der Waals surface area contributed by atoms with Crippen LogP contribution in [0.25, 0.3) is 0 Å². The summed E-state index contributed by atoms with van der Waals surface area (Å²) >= 11 is 0. The Morgan fingerprint density at radius 3 is 2.31 bits per heavy atom. The van der Waals surface area contributed by atoms with Gasteiger partial charge in [-0.2, -0.15) is 13.2 Å². The molecule has 0 spiro atoms. The first-order valence-corrected chi connectivity index (χ1v) is 11.1. The zero-order chi connectivity index (χ0) is 24.8. The van der Waals surface area contributed by atoms with Gasteiger partial charge in [0.1, 0.15) is 5.75 Å². The zero-order valence-electron chi connectivity index (χ0n) is 19.2. The van der Waals surface area contributed by atoms with Crippen LogP contribution in [0.4, 0.5) is 13.2 Å². The van der Waals surface area contributed by atoms with Crippen LogP contribution in [0.3, 0.4) is 0 Å². The van der Waals surface area contributed by atoms with Gasteiger partial charge in [0.15, 0.2) is 0 Å². The second-order valence-corrected chi connectivity index (χ2v) is 8.17. The Kier molecular flexibility index (Phi) is 7.25. The second-order valence-electron chi connectivity index (χ2n) is 8.17. The van der Waals surface area contributed by atoms with Gasteiger partial charge in [0.2, 0.25) is 0 Å². The summed E-state index contributed by atoms with van der Waals surface area (Å²) in [5.41, 5.74) is 2.07. The molecule has 0 aliphatic carbocycles. The molecule has 180 valence electrons. The summed E-state index contributed by atoms with van der Waals surface area (Å²) in [5, 5.41) is 0. The highest BCUT2D eigenvalue weighted by Gasteiger charge is 2.30. The molecule has 0 bridgehead atoms. The van der Waals surface area contributed by atoms with Crippen LogP contribution in [-0.4, -0.2) is 22.5 Å². The maximum absolute atomic E-state index is 13.6. The van der Waals surface area contributed by atoms with Crippen LogP contribution < -0.4 is 4.74 Å². The van der Waals surface area contributed by atoms with Crippen LogP contribution in [0.1, 0.15) is 32.7 Å². The van der Waals surface area contributed by atoms with E-state index in [-0.39, 0.29) is 19.0 Å². The van der Waals surface area contributed by atoms with Gasteiger partial charge in [0.05, 0.1) is 24.8 Å². The normalized spacial score (nSPS) is 11.3. The molecular formula is C28H25F3N2O2. The molecule has 4 nitrogen and oxygen atoms in total. The summed E-state index contributed by atoms with van der Waals surface area (Å²) in [6, 6.07) is 25.7. The number of amides is 1. The Balaban J connectivity index is 1.62. The van der Waals surface area contributed by atoms with Gasteiger partial charge in [-0.3, -0.25) is 4.79 Å². The number of nitrogens with zero attached hydrogens (tertiary/aromatic N) is 2. The fourth-order valence-corrected chi connectivity index (χ4v) is 3.98. The molecule has 1 amide bonds. The number of carbonyl (C=O) groups excluding carboxylic acids is 1. The largest absolute Gasteiger partial charge is 0.496 e. The summed E-state index contributed by atoms with van der Waals surface area (Å²) in [4.78, 5) is 15.3. The fraction of sp³-hybridized carbons (Fsp3) is 0.179. The van der Waals surface area contributed by atoms with E-state index in [9.17, 15) is 18.0 Å². The number of halogens is 3. The third kappa shape index (κ3) is 5.93. The Morgan fingerprint density at radius 2 is 1.57 bits per heavy atom. The van der Waals surface area contributed by atoms with Crippen LogP contribution in [0.5, 0.6) is 5.75 Å². The van der Waals surface area contributed by atoms with Gasteiger partial charge in [0, 0.05) is 25.0 Å². The topological polar surface area (TPSA) is 34.5 Å². The molecule has 0 saturated carbocycles.